The van der Waals surface area contributed by atoms with Crippen LogP contribution in [-0.4, -0.2) is 62.8 Å². The van der Waals surface area contributed by atoms with Crippen molar-refractivity contribution in [2.75, 3.05) is 20.2 Å². The molecule has 0 fully saturated rings. The molecule has 6 nitrogen and oxygen atoms in total. The maximum atomic E-state index is 13.5. The Morgan fingerprint density at radius 2 is 2.18 bits per heavy atom. The number of alkyl halides is 1. The molecule has 4 atom stereocenters. The van der Waals surface area contributed by atoms with Gasteiger partial charge in [-0.05, 0) is 43.2 Å². The van der Waals surface area contributed by atoms with Crippen LogP contribution in [0.15, 0.2) is 34.6 Å². The summed E-state index contributed by atoms with van der Waals surface area (Å²) in [5.41, 5.74) is 3.32. The molecule has 2 heterocycles. The first-order chi connectivity index (χ1) is 13.2. The number of likely N-dealkylation sites (N-methyl/N-ethyl adjacent to an activating group) is 1. The van der Waals surface area contributed by atoms with Crippen molar-refractivity contribution in [1.82, 2.24) is 10.2 Å². The third-order valence-electron chi connectivity index (χ3n) is 5.85. The smallest absolute Gasteiger partial charge is 0.228 e. The van der Waals surface area contributed by atoms with E-state index in [0.29, 0.717) is 17.9 Å². The number of nitrogens with zero attached hydrogens (tertiary/aromatic N) is 1. The van der Waals surface area contributed by atoms with E-state index in [1.54, 1.807) is 12.1 Å². The number of hydrogen-bond donors (Lipinski definition) is 2. The zero-order valence-electron chi connectivity index (χ0n) is 15.7. The van der Waals surface area contributed by atoms with E-state index in [4.69, 9.17) is 0 Å². The van der Waals surface area contributed by atoms with Gasteiger partial charge in [-0.25, -0.2) is 12.8 Å². The fraction of sp³-hybridized carbons (Fsp3) is 0.450. The molecule has 8 heteroatoms. The van der Waals surface area contributed by atoms with Crippen LogP contribution in [0.3, 0.4) is 0 Å². The van der Waals surface area contributed by atoms with Crippen LogP contribution in [0.4, 0.5) is 4.39 Å². The van der Waals surface area contributed by atoms with Crippen molar-refractivity contribution in [3.05, 3.63) is 40.8 Å². The zero-order chi connectivity index (χ0) is 20.2. The molecule has 0 spiro atoms. The number of benzene rings is 1. The third kappa shape index (κ3) is 3.00. The molecule has 1 aliphatic carbocycles. The van der Waals surface area contributed by atoms with Crippen LogP contribution in [0.25, 0.3) is 11.1 Å². The lowest BCUT2D eigenvalue weighted by Crippen LogP contribution is -2.50. The standard InChI is InChI=1S/C20H23FN2O4S/c1-11(21)16(9-24)22-20(25)12-6-15-14-4-3-5-18-19(14)13(10-28(18,26)27)7-17(15)23(2)8-12/h3-6,10-12,16-17,24H,7-9H2,1-2H3,(H,22,25). The van der Waals surface area contributed by atoms with Crippen molar-refractivity contribution < 1.29 is 22.7 Å². The van der Waals surface area contributed by atoms with Crippen molar-refractivity contribution >= 4 is 26.9 Å². The van der Waals surface area contributed by atoms with Gasteiger partial charge in [0, 0.05) is 23.6 Å². The van der Waals surface area contributed by atoms with E-state index >= 15 is 0 Å². The topological polar surface area (TPSA) is 86.7 Å². The highest BCUT2D eigenvalue weighted by Gasteiger charge is 2.41. The second-order valence-electron chi connectivity index (χ2n) is 7.73. The molecule has 0 bridgehead atoms. The van der Waals surface area contributed by atoms with Gasteiger partial charge in [0.2, 0.25) is 15.7 Å². The number of rotatable bonds is 4. The van der Waals surface area contributed by atoms with Crippen LogP contribution < -0.4 is 5.32 Å². The third-order valence-corrected chi connectivity index (χ3v) is 7.40. The van der Waals surface area contributed by atoms with E-state index in [1.807, 2.05) is 24.1 Å². The van der Waals surface area contributed by atoms with Gasteiger partial charge in [0.1, 0.15) is 6.17 Å². The van der Waals surface area contributed by atoms with E-state index < -0.39 is 34.6 Å². The molecule has 1 amide bonds. The average Bonchev–Trinajstić information content (AvgIpc) is 2.91. The number of amides is 1. The molecule has 1 aromatic carbocycles. The Morgan fingerprint density at radius 1 is 1.43 bits per heavy atom. The number of halogens is 1. The summed E-state index contributed by atoms with van der Waals surface area (Å²) in [4.78, 5) is 15.0. The number of aliphatic hydroxyl groups is 1. The predicted molar refractivity (Wildman–Crippen MR) is 104 cm³/mol. The fourth-order valence-electron chi connectivity index (χ4n) is 4.35. The SMILES string of the molecule is CC(F)C(CO)NC(=O)C1C=C2c3cccc4c3C(=CS4(=O)=O)CC2N(C)C1. The molecule has 28 heavy (non-hydrogen) atoms. The number of carbonyl (C=O) groups excluding carboxylic acids is 1. The normalized spacial score (nSPS) is 27.1. The molecule has 4 unspecified atom stereocenters. The number of sulfone groups is 1. The minimum absolute atomic E-state index is 0.0138. The summed E-state index contributed by atoms with van der Waals surface area (Å²) < 4.78 is 38.4. The quantitative estimate of drug-likeness (QED) is 0.789. The minimum atomic E-state index is -3.42. The van der Waals surface area contributed by atoms with Crippen LogP contribution in [0.5, 0.6) is 0 Å². The van der Waals surface area contributed by atoms with Crippen molar-refractivity contribution in [2.24, 2.45) is 5.92 Å². The van der Waals surface area contributed by atoms with Crippen LogP contribution in [0, 0.1) is 5.92 Å². The Bertz CT molecular complexity index is 999. The molecule has 0 radical (unpaired) electrons. The van der Waals surface area contributed by atoms with Crippen molar-refractivity contribution in [3.8, 4) is 0 Å². The van der Waals surface area contributed by atoms with Crippen molar-refractivity contribution in [3.63, 3.8) is 0 Å². The molecule has 4 rings (SSSR count). The summed E-state index contributed by atoms with van der Waals surface area (Å²) in [5.74, 6) is -0.855. The Labute approximate surface area is 163 Å². The van der Waals surface area contributed by atoms with E-state index in [9.17, 15) is 22.7 Å². The number of aliphatic hydroxyl groups excluding tert-OH is 1. The summed E-state index contributed by atoms with van der Waals surface area (Å²) in [6.45, 7) is 1.27. The lowest BCUT2D eigenvalue weighted by atomic mass is 9.77. The lowest BCUT2D eigenvalue weighted by Gasteiger charge is -2.40. The van der Waals surface area contributed by atoms with Gasteiger partial charge in [-0.1, -0.05) is 18.2 Å². The van der Waals surface area contributed by atoms with Crippen LogP contribution in [0.2, 0.25) is 0 Å². The van der Waals surface area contributed by atoms with Crippen LogP contribution >= 0.6 is 0 Å². The minimum Gasteiger partial charge on any atom is -0.394 e. The summed E-state index contributed by atoms with van der Waals surface area (Å²) in [5, 5.41) is 13.2. The largest absolute Gasteiger partial charge is 0.394 e. The summed E-state index contributed by atoms with van der Waals surface area (Å²) >= 11 is 0. The van der Waals surface area contributed by atoms with E-state index in [1.165, 1.54) is 12.3 Å². The highest BCUT2D eigenvalue weighted by atomic mass is 32.2. The molecule has 0 aromatic heterocycles. The first-order valence-electron chi connectivity index (χ1n) is 9.29. The van der Waals surface area contributed by atoms with E-state index in [0.717, 1.165) is 22.3 Å². The van der Waals surface area contributed by atoms with E-state index in [2.05, 4.69) is 5.32 Å². The molecule has 1 aromatic rings. The van der Waals surface area contributed by atoms with Gasteiger partial charge in [0.05, 0.1) is 23.5 Å². The van der Waals surface area contributed by atoms with Gasteiger partial charge in [-0.3, -0.25) is 9.69 Å². The van der Waals surface area contributed by atoms with Gasteiger partial charge >= 0.3 is 0 Å². The van der Waals surface area contributed by atoms with Crippen LogP contribution in [-0.2, 0) is 14.6 Å². The molecule has 2 aliphatic heterocycles. The monoisotopic (exact) mass is 406 g/mol. The number of carbonyl (C=O) groups is 1. The van der Waals surface area contributed by atoms with Gasteiger partial charge in [0.15, 0.2) is 0 Å². The molecule has 150 valence electrons. The molecule has 0 saturated heterocycles. The van der Waals surface area contributed by atoms with Gasteiger partial charge < -0.3 is 10.4 Å². The maximum Gasteiger partial charge on any atom is 0.228 e. The fourth-order valence-corrected chi connectivity index (χ4v) is 5.86. The predicted octanol–water partition coefficient (Wildman–Crippen LogP) is 1.37. The Morgan fingerprint density at radius 3 is 2.86 bits per heavy atom. The van der Waals surface area contributed by atoms with Gasteiger partial charge in [-0.2, -0.15) is 0 Å². The zero-order valence-corrected chi connectivity index (χ0v) is 16.5. The Hall–Kier alpha value is -2.03. The molecular formula is C20H23FN2O4S. The summed E-state index contributed by atoms with van der Waals surface area (Å²) in [7, 11) is -1.52. The van der Waals surface area contributed by atoms with Crippen LogP contribution in [0.1, 0.15) is 24.5 Å². The van der Waals surface area contributed by atoms with Gasteiger partial charge in [0.25, 0.3) is 0 Å². The first-order valence-corrected chi connectivity index (χ1v) is 10.8. The number of hydrogen-bond acceptors (Lipinski definition) is 5. The number of fused-ring (bicyclic) bond motifs is 2. The van der Waals surface area contributed by atoms with Crippen molar-refractivity contribution in [2.45, 2.75) is 36.5 Å². The number of nitrogens with one attached hydrogen (secondary N) is 1. The average molecular weight is 406 g/mol. The second kappa shape index (κ2) is 6.79. The lowest BCUT2D eigenvalue weighted by molar-refractivity contribution is -0.125. The molecule has 0 saturated carbocycles. The summed E-state index contributed by atoms with van der Waals surface area (Å²) in [6, 6.07) is 4.27. The van der Waals surface area contributed by atoms with Crippen molar-refractivity contribution in [1.29, 1.82) is 0 Å². The summed E-state index contributed by atoms with van der Waals surface area (Å²) in [6.07, 6.45) is 1.08. The maximum absolute atomic E-state index is 13.5. The highest BCUT2D eigenvalue weighted by Crippen LogP contribution is 2.48. The molecule has 2 N–H and O–H groups in total. The van der Waals surface area contributed by atoms with Gasteiger partial charge in [-0.15, -0.1) is 0 Å². The van der Waals surface area contributed by atoms with E-state index in [-0.39, 0.29) is 11.9 Å². The molecular weight excluding hydrogens is 383 g/mol. The Kier molecular flexibility index (Phi) is 4.68. The first kappa shape index (κ1) is 19.3. The highest BCUT2D eigenvalue weighted by molar-refractivity contribution is 7.95. The second-order valence-corrected chi connectivity index (χ2v) is 9.50. The Balaban J connectivity index is 1.73. The molecule has 3 aliphatic rings.